The topological polar surface area (TPSA) is 61.7 Å². The van der Waals surface area contributed by atoms with E-state index in [1.807, 2.05) is 60.7 Å². The standard InChI is InChI=1S/C55H33N5O/c1-3-15-34(16-4-1)53-56-54(35-17-5-2-6-18-35)58-55(57-53)45-31-32-49(38-20-8-7-19-37(38)45)60-48-26-14-11-23-41(48)43-29-30-44-42-28-27-36(33-50(42)61-52(44)51(43)60)59-46-24-12-9-21-39(46)40-22-10-13-25-47(40)59/h1-33H. The highest BCUT2D eigenvalue weighted by atomic mass is 16.3. The lowest BCUT2D eigenvalue weighted by Crippen LogP contribution is -2.01. The number of para-hydroxylation sites is 3. The molecule has 6 heteroatoms. The Hall–Kier alpha value is -8.35. The first kappa shape index (κ1) is 33.6. The van der Waals surface area contributed by atoms with Crippen LogP contribution < -0.4 is 0 Å². The molecule has 0 bridgehead atoms. The summed E-state index contributed by atoms with van der Waals surface area (Å²) in [6.45, 7) is 0. The van der Waals surface area contributed by atoms with Crippen molar-refractivity contribution in [1.82, 2.24) is 24.1 Å². The number of aromatic nitrogens is 5. The summed E-state index contributed by atoms with van der Waals surface area (Å²) in [7, 11) is 0. The molecule has 0 unspecified atom stereocenters. The number of benzene rings is 9. The molecule has 9 aromatic carbocycles. The zero-order valence-electron chi connectivity index (χ0n) is 32.7. The van der Waals surface area contributed by atoms with Crippen molar-refractivity contribution in [2.24, 2.45) is 0 Å². The van der Waals surface area contributed by atoms with Crippen LogP contribution in [0.5, 0.6) is 0 Å². The number of fused-ring (bicyclic) bond motifs is 11. The summed E-state index contributed by atoms with van der Waals surface area (Å²) in [5.41, 5.74) is 11.1. The molecule has 0 saturated carbocycles. The van der Waals surface area contributed by atoms with E-state index in [4.69, 9.17) is 19.4 Å². The number of furan rings is 1. The third kappa shape index (κ3) is 5.06. The molecule has 13 aromatic rings. The van der Waals surface area contributed by atoms with Gasteiger partial charge in [-0.3, -0.25) is 0 Å². The number of nitrogens with zero attached hydrogens (tertiary/aromatic N) is 5. The lowest BCUT2D eigenvalue weighted by atomic mass is 10.0. The largest absolute Gasteiger partial charge is 0.454 e. The molecule has 0 saturated heterocycles. The monoisotopic (exact) mass is 779 g/mol. The summed E-state index contributed by atoms with van der Waals surface area (Å²) < 4.78 is 11.8. The van der Waals surface area contributed by atoms with E-state index >= 15 is 0 Å². The van der Waals surface area contributed by atoms with Crippen LogP contribution in [0.1, 0.15) is 0 Å². The van der Waals surface area contributed by atoms with E-state index in [1.165, 1.54) is 21.8 Å². The van der Waals surface area contributed by atoms with E-state index in [0.717, 1.165) is 82.6 Å². The summed E-state index contributed by atoms with van der Waals surface area (Å²) in [5, 5.41) is 9.04. The van der Waals surface area contributed by atoms with E-state index in [1.54, 1.807) is 0 Å². The number of hydrogen-bond donors (Lipinski definition) is 0. The predicted molar refractivity (Wildman–Crippen MR) is 250 cm³/mol. The van der Waals surface area contributed by atoms with Gasteiger partial charge in [-0.15, -0.1) is 0 Å². The first-order chi connectivity index (χ1) is 30.3. The Labute approximate surface area is 349 Å². The summed E-state index contributed by atoms with van der Waals surface area (Å²) >= 11 is 0. The first-order valence-corrected chi connectivity index (χ1v) is 20.5. The van der Waals surface area contributed by atoms with Gasteiger partial charge in [0, 0.05) is 66.1 Å². The number of rotatable bonds is 5. The lowest BCUT2D eigenvalue weighted by Gasteiger charge is -2.15. The molecule has 0 radical (unpaired) electrons. The zero-order chi connectivity index (χ0) is 40.0. The van der Waals surface area contributed by atoms with Crippen molar-refractivity contribution < 1.29 is 4.42 Å². The molecule has 0 aliphatic carbocycles. The fraction of sp³-hybridized carbons (Fsp3) is 0. The molecule has 0 aliphatic heterocycles. The minimum atomic E-state index is 0.622. The Kier molecular flexibility index (Phi) is 7.21. The van der Waals surface area contributed by atoms with Crippen molar-refractivity contribution in [2.45, 2.75) is 0 Å². The van der Waals surface area contributed by atoms with Gasteiger partial charge in [0.25, 0.3) is 0 Å². The van der Waals surface area contributed by atoms with E-state index in [2.05, 4.69) is 149 Å². The molecular weight excluding hydrogens is 747 g/mol. The maximum Gasteiger partial charge on any atom is 0.164 e. The number of hydrogen-bond acceptors (Lipinski definition) is 4. The summed E-state index contributed by atoms with van der Waals surface area (Å²) in [5.74, 6) is 1.89. The third-order valence-corrected chi connectivity index (χ3v) is 12.2. The second kappa shape index (κ2) is 13.1. The maximum atomic E-state index is 7.07. The molecule has 4 heterocycles. The van der Waals surface area contributed by atoms with Gasteiger partial charge in [-0.25, -0.2) is 15.0 Å². The van der Waals surface area contributed by atoms with Crippen molar-refractivity contribution in [3.05, 3.63) is 200 Å². The van der Waals surface area contributed by atoms with E-state index < -0.39 is 0 Å². The molecule has 0 amide bonds. The summed E-state index contributed by atoms with van der Waals surface area (Å²) in [4.78, 5) is 15.2. The fourth-order valence-electron chi connectivity index (χ4n) is 9.46. The molecule has 0 spiro atoms. The van der Waals surface area contributed by atoms with Crippen molar-refractivity contribution in [3.63, 3.8) is 0 Å². The molecule has 6 nitrogen and oxygen atoms in total. The minimum Gasteiger partial charge on any atom is -0.454 e. The molecule has 4 aromatic heterocycles. The summed E-state index contributed by atoms with van der Waals surface area (Å²) in [6.07, 6.45) is 0. The van der Waals surface area contributed by atoms with E-state index in [-0.39, 0.29) is 0 Å². The van der Waals surface area contributed by atoms with Gasteiger partial charge >= 0.3 is 0 Å². The van der Waals surface area contributed by atoms with Gasteiger partial charge in [-0.1, -0.05) is 146 Å². The Morgan fingerprint density at radius 2 is 0.836 bits per heavy atom. The SMILES string of the molecule is c1ccc(-c2nc(-c3ccccc3)nc(-c3ccc(-n4c5ccccc5c5ccc6c7ccc(-n8c9ccccc9c9ccccc98)cc7oc6c54)c4ccccc34)n2)cc1. The molecule has 284 valence electrons. The van der Waals surface area contributed by atoms with Gasteiger partial charge in [-0.2, -0.15) is 0 Å². The normalized spacial score (nSPS) is 11.9. The average molecular weight is 780 g/mol. The Morgan fingerprint density at radius 3 is 1.48 bits per heavy atom. The van der Waals surface area contributed by atoms with Gasteiger partial charge in [0.2, 0.25) is 0 Å². The quantitative estimate of drug-likeness (QED) is 0.175. The van der Waals surface area contributed by atoms with Crippen LogP contribution in [0.2, 0.25) is 0 Å². The second-order valence-corrected chi connectivity index (χ2v) is 15.6. The second-order valence-electron chi connectivity index (χ2n) is 15.6. The van der Waals surface area contributed by atoms with Crippen LogP contribution in [0.15, 0.2) is 205 Å². The Balaban J connectivity index is 1.05. The van der Waals surface area contributed by atoms with Gasteiger partial charge in [0.05, 0.1) is 27.8 Å². The minimum absolute atomic E-state index is 0.622. The average Bonchev–Trinajstić information content (AvgIpc) is 3.99. The van der Waals surface area contributed by atoms with Crippen molar-refractivity contribution in [3.8, 4) is 45.5 Å². The van der Waals surface area contributed by atoms with Gasteiger partial charge < -0.3 is 13.6 Å². The lowest BCUT2D eigenvalue weighted by molar-refractivity contribution is 0.671. The molecule has 13 rings (SSSR count). The van der Waals surface area contributed by atoms with Crippen LogP contribution in [0.25, 0.3) is 122 Å². The van der Waals surface area contributed by atoms with Crippen LogP contribution >= 0.6 is 0 Å². The van der Waals surface area contributed by atoms with Crippen molar-refractivity contribution >= 4 is 76.3 Å². The van der Waals surface area contributed by atoms with Crippen LogP contribution in [0.4, 0.5) is 0 Å². The van der Waals surface area contributed by atoms with Gasteiger partial charge in [0.15, 0.2) is 23.1 Å². The van der Waals surface area contributed by atoms with Crippen LogP contribution in [0.3, 0.4) is 0 Å². The van der Waals surface area contributed by atoms with E-state index in [0.29, 0.717) is 17.5 Å². The third-order valence-electron chi connectivity index (χ3n) is 12.2. The van der Waals surface area contributed by atoms with Crippen LogP contribution in [0, 0.1) is 0 Å². The van der Waals surface area contributed by atoms with Gasteiger partial charge in [-0.05, 0) is 53.9 Å². The van der Waals surface area contributed by atoms with E-state index in [9.17, 15) is 0 Å². The molecule has 0 N–H and O–H groups in total. The predicted octanol–water partition coefficient (Wildman–Crippen LogP) is 14.1. The maximum absolute atomic E-state index is 7.07. The highest BCUT2D eigenvalue weighted by molar-refractivity contribution is 6.22. The molecule has 0 atom stereocenters. The molecular formula is C55H33N5O. The van der Waals surface area contributed by atoms with Crippen LogP contribution in [-0.2, 0) is 0 Å². The molecule has 0 aliphatic rings. The first-order valence-electron chi connectivity index (χ1n) is 20.5. The summed E-state index contributed by atoms with van der Waals surface area (Å²) in [6, 6.07) is 70.1. The van der Waals surface area contributed by atoms with Gasteiger partial charge in [0.1, 0.15) is 5.58 Å². The van der Waals surface area contributed by atoms with Crippen molar-refractivity contribution in [2.75, 3.05) is 0 Å². The smallest absolute Gasteiger partial charge is 0.164 e. The Bertz CT molecular complexity index is 3770. The molecule has 61 heavy (non-hydrogen) atoms. The van der Waals surface area contributed by atoms with Crippen LogP contribution in [-0.4, -0.2) is 24.1 Å². The zero-order valence-corrected chi connectivity index (χ0v) is 32.7. The van der Waals surface area contributed by atoms with Crippen molar-refractivity contribution in [1.29, 1.82) is 0 Å². The Morgan fingerprint density at radius 1 is 0.344 bits per heavy atom. The highest BCUT2D eigenvalue weighted by Crippen LogP contribution is 2.43. The fourth-order valence-corrected chi connectivity index (χ4v) is 9.46. The highest BCUT2D eigenvalue weighted by Gasteiger charge is 2.22. The molecule has 0 fully saturated rings.